The van der Waals surface area contributed by atoms with Crippen LogP contribution in [0.4, 0.5) is 35.5 Å². The quantitative estimate of drug-likeness (QED) is 0.117. The topological polar surface area (TPSA) is 145 Å². The van der Waals surface area contributed by atoms with Gasteiger partial charge in [-0.3, -0.25) is 19.4 Å². The Hall–Kier alpha value is -6.12. The van der Waals surface area contributed by atoms with Gasteiger partial charge in [0.05, 0.1) is 23.8 Å². The second kappa shape index (κ2) is 20.2. The Balaban J connectivity index is 0.956. The zero-order valence-corrected chi connectivity index (χ0v) is 37.3. The smallest absolute Gasteiger partial charge is 0.416 e. The molecule has 7 rings (SSSR count). The molecule has 13 nitrogen and oxygen atoms in total. The van der Waals surface area contributed by atoms with E-state index in [0.717, 1.165) is 16.0 Å². The van der Waals surface area contributed by atoms with E-state index in [1.807, 2.05) is 12.1 Å². The number of ether oxygens (including phenoxy) is 2. The van der Waals surface area contributed by atoms with Crippen molar-refractivity contribution in [2.24, 2.45) is 0 Å². The van der Waals surface area contributed by atoms with E-state index in [9.17, 15) is 49.9 Å². The number of rotatable bonds is 15. The molecule has 2 saturated heterocycles. The van der Waals surface area contributed by atoms with Crippen molar-refractivity contribution in [3.63, 3.8) is 0 Å². The summed E-state index contributed by atoms with van der Waals surface area (Å²) in [5, 5.41) is 11.0. The van der Waals surface area contributed by atoms with E-state index in [0.29, 0.717) is 81.7 Å². The average molecular weight is 957 g/mol. The van der Waals surface area contributed by atoms with Crippen molar-refractivity contribution in [1.29, 1.82) is 0 Å². The lowest BCUT2D eigenvalue weighted by atomic mass is 9.72. The van der Waals surface area contributed by atoms with Crippen molar-refractivity contribution in [3.05, 3.63) is 136 Å². The minimum absolute atomic E-state index is 0.0361. The van der Waals surface area contributed by atoms with Gasteiger partial charge in [0, 0.05) is 57.4 Å². The summed E-state index contributed by atoms with van der Waals surface area (Å²) < 4.78 is 109. The molecule has 4 amide bonds. The van der Waals surface area contributed by atoms with Crippen LogP contribution in [0.2, 0.25) is 0 Å². The highest BCUT2D eigenvalue weighted by molar-refractivity contribution is 5.95. The molecule has 2 aliphatic heterocycles. The molecular weight excluding hydrogens is 906 g/mol. The van der Waals surface area contributed by atoms with E-state index in [4.69, 9.17) is 14.6 Å². The molecule has 0 saturated carbocycles. The number of likely N-dealkylation sites (N-methyl/N-ethyl adjacent to an activating group) is 1. The van der Waals surface area contributed by atoms with Gasteiger partial charge in [-0.2, -0.15) is 26.3 Å². The number of amides is 4. The van der Waals surface area contributed by atoms with Crippen molar-refractivity contribution in [3.8, 4) is 0 Å². The first-order valence-electron chi connectivity index (χ1n) is 22.0. The summed E-state index contributed by atoms with van der Waals surface area (Å²) in [6.07, 6.45) is -7.65. The van der Waals surface area contributed by atoms with Crippen molar-refractivity contribution < 1.29 is 64.5 Å². The van der Waals surface area contributed by atoms with Gasteiger partial charge in [-0.15, -0.1) is 0 Å². The van der Waals surface area contributed by atoms with Gasteiger partial charge in [-0.1, -0.05) is 42.5 Å². The van der Waals surface area contributed by atoms with Crippen LogP contribution in [-0.2, 0) is 50.6 Å². The molecule has 68 heavy (non-hydrogen) atoms. The highest BCUT2D eigenvalue weighted by Crippen LogP contribution is 2.48. The average Bonchev–Trinajstić information content (AvgIpc) is 3.88. The molecule has 4 aromatic rings. The second-order valence-electron chi connectivity index (χ2n) is 17.6. The van der Waals surface area contributed by atoms with Crippen molar-refractivity contribution >= 4 is 23.8 Å². The maximum atomic E-state index is 14.1. The summed E-state index contributed by atoms with van der Waals surface area (Å²) in [5.74, 6) is -2.15. The molecular formula is C48H51F7N6O7. The van der Waals surface area contributed by atoms with Crippen LogP contribution in [0.3, 0.4) is 0 Å². The lowest BCUT2D eigenvalue weighted by Gasteiger charge is -2.44. The minimum Gasteiger partial charge on any atom is -0.465 e. The number of pyridine rings is 1. The van der Waals surface area contributed by atoms with Crippen molar-refractivity contribution in [2.75, 3.05) is 66.7 Å². The first-order chi connectivity index (χ1) is 32.2. The molecule has 3 aromatic carbocycles. The number of piperidine rings is 1. The van der Waals surface area contributed by atoms with Crippen LogP contribution in [-0.4, -0.2) is 126 Å². The zero-order valence-electron chi connectivity index (χ0n) is 37.3. The van der Waals surface area contributed by atoms with Gasteiger partial charge in [0.15, 0.2) is 0 Å². The molecule has 1 aromatic heterocycles. The normalized spacial score (nSPS) is 19.2. The highest BCUT2D eigenvalue weighted by atomic mass is 19.4. The van der Waals surface area contributed by atoms with Crippen molar-refractivity contribution in [1.82, 2.24) is 29.9 Å². The molecule has 2 fully saturated rings. The van der Waals surface area contributed by atoms with Crippen LogP contribution >= 0.6 is 0 Å². The number of nitrogens with one attached hydrogen (secondary N) is 1. The van der Waals surface area contributed by atoms with Gasteiger partial charge in [-0.05, 0) is 104 Å². The maximum Gasteiger partial charge on any atom is 0.416 e. The zero-order chi connectivity index (χ0) is 49.0. The monoisotopic (exact) mass is 956 g/mol. The number of halogens is 7. The molecule has 3 aliphatic rings. The van der Waals surface area contributed by atoms with E-state index in [2.05, 4.69) is 27.3 Å². The lowest BCUT2D eigenvalue weighted by Crippen LogP contribution is -2.50. The summed E-state index contributed by atoms with van der Waals surface area (Å²) in [6.45, 7) is 1.58. The molecule has 0 unspecified atom stereocenters. The van der Waals surface area contributed by atoms with Gasteiger partial charge >= 0.3 is 18.4 Å². The Morgan fingerprint density at radius 2 is 1.56 bits per heavy atom. The molecule has 3 heterocycles. The number of carbonyl (C=O) groups is 4. The fourth-order valence-corrected chi connectivity index (χ4v) is 9.38. The van der Waals surface area contributed by atoms with Crippen LogP contribution < -0.4 is 5.32 Å². The number of alkyl halides is 6. The molecule has 20 heteroatoms. The van der Waals surface area contributed by atoms with Gasteiger partial charge in [0.2, 0.25) is 5.91 Å². The number of hydrogen-bond donors (Lipinski definition) is 2. The predicted molar refractivity (Wildman–Crippen MR) is 232 cm³/mol. The van der Waals surface area contributed by atoms with E-state index in [1.165, 1.54) is 41.4 Å². The molecule has 1 spiro atoms. The molecule has 0 radical (unpaired) electrons. The summed E-state index contributed by atoms with van der Waals surface area (Å²) in [5.41, 5.74) is -2.11. The molecule has 364 valence electrons. The number of fused-ring (bicyclic) bond motifs is 2. The van der Waals surface area contributed by atoms with Crippen LogP contribution in [0.5, 0.6) is 0 Å². The summed E-state index contributed by atoms with van der Waals surface area (Å²) in [4.78, 5) is 61.2. The Morgan fingerprint density at radius 1 is 0.897 bits per heavy atom. The van der Waals surface area contributed by atoms with Crippen LogP contribution in [0, 0.1) is 5.82 Å². The minimum atomic E-state index is -5.14. The number of hydrogen-bond acceptors (Lipinski definition) is 8. The Labute approximate surface area is 387 Å². The second-order valence-corrected chi connectivity index (χ2v) is 17.6. The number of benzene rings is 3. The van der Waals surface area contributed by atoms with E-state index < -0.39 is 64.6 Å². The van der Waals surface area contributed by atoms with E-state index in [1.54, 1.807) is 25.1 Å². The van der Waals surface area contributed by atoms with Crippen LogP contribution in [0.1, 0.15) is 79.9 Å². The first-order valence-corrected chi connectivity index (χ1v) is 22.0. The number of carboxylic acid groups (broad SMARTS) is 1. The summed E-state index contributed by atoms with van der Waals surface area (Å²) in [6, 6.07) is 17.4. The van der Waals surface area contributed by atoms with E-state index >= 15 is 0 Å². The molecule has 0 bridgehead atoms. The molecule has 2 atom stereocenters. The largest absolute Gasteiger partial charge is 0.465 e. The Kier molecular flexibility index (Phi) is 14.8. The fraction of sp³-hybridized carbons (Fsp3) is 0.438. The Bertz CT molecular complexity index is 2430. The summed E-state index contributed by atoms with van der Waals surface area (Å²) in [7, 11) is 3.31. The van der Waals surface area contributed by atoms with E-state index in [-0.39, 0.29) is 55.8 Å². The predicted octanol–water partition coefficient (Wildman–Crippen LogP) is 7.34. The summed E-state index contributed by atoms with van der Waals surface area (Å²) >= 11 is 0. The fourth-order valence-electron chi connectivity index (χ4n) is 9.38. The number of likely N-dealkylation sites (tertiary alicyclic amines) is 1. The van der Waals surface area contributed by atoms with Crippen LogP contribution in [0.25, 0.3) is 0 Å². The number of aromatic nitrogens is 1. The van der Waals surface area contributed by atoms with Gasteiger partial charge in [0.1, 0.15) is 30.4 Å². The highest BCUT2D eigenvalue weighted by Gasteiger charge is 2.50. The SMILES string of the molecule is CN(CCCN(C)C(=O)c1ccc(CNC(=O)O)cn1)C(=O)CO[C@H]1Cc2ccccc2C12CCN(CC[C@]1(c3ccc(F)cc3)CN(C(=O)c3cc(C(F)(F)F)cc(C(F)(F)F)c3)CO1)CC2. The van der Waals surface area contributed by atoms with Crippen molar-refractivity contribution in [2.45, 2.75) is 68.1 Å². The van der Waals surface area contributed by atoms with Gasteiger partial charge in [0.25, 0.3) is 11.8 Å². The maximum absolute atomic E-state index is 14.1. The number of nitrogens with zero attached hydrogens (tertiary/aromatic N) is 5. The van der Waals surface area contributed by atoms with Crippen LogP contribution in [0.15, 0.2) is 85.1 Å². The third-order valence-electron chi connectivity index (χ3n) is 13.2. The third-order valence-corrected chi connectivity index (χ3v) is 13.2. The number of carbonyl (C=O) groups excluding carboxylic acids is 3. The first kappa shape index (κ1) is 49.8. The molecule has 1 aliphatic carbocycles. The molecule has 2 N–H and O–H groups in total. The Morgan fingerprint density at radius 3 is 2.19 bits per heavy atom. The lowest BCUT2D eigenvalue weighted by molar-refractivity contribution is -0.143. The van der Waals surface area contributed by atoms with Gasteiger partial charge in [-0.25, -0.2) is 9.18 Å². The third kappa shape index (κ3) is 11.2. The standard InChI is InChI=1S/C48H51F7N6O7/c1-58(17-5-18-59(2)43(64)39-13-8-31(26-56-39)27-57-44(65)66)41(62)28-67-40-24-32-6-3-4-7-38(32)45(40)14-19-60(20-15-45)21-16-46(34-9-11-37(49)12-10-34)29-61(30-68-46)42(63)33-22-35(47(50,51)52)25-36(23-33)48(53,54)55/h3-4,6-13,22-23,25-26,40,57H,5,14-21,24,27-30H2,1-2H3,(H,65,66)/t40-,46+/m0/s1. The van der Waals surface area contributed by atoms with Gasteiger partial charge < -0.3 is 39.5 Å².